The van der Waals surface area contributed by atoms with E-state index in [0.717, 1.165) is 0 Å². The highest BCUT2D eigenvalue weighted by Gasteiger charge is 2.09. The lowest BCUT2D eigenvalue weighted by Crippen LogP contribution is -2.14. The molecule has 0 fully saturated rings. The van der Waals surface area contributed by atoms with Gasteiger partial charge in [-0.25, -0.2) is 0 Å². The zero-order valence-corrected chi connectivity index (χ0v) is 9.30. The molecule has 0 unspecified atom stereocenters. The molecule has 80 valence electrons. The molecule has 0 aliphatic heterocycles. The number of aliphatic hydroxyl groups is 1. The summed E-state index contributed by atoms with van der Waals surface area (Å²) in [6.45, 7) is 3.00. The zero-order chi connectivity index (χ0) is 11.4. The van der Waals surface area contributed by atoms with Gasteiger partial charge in [-0.3, -0.25) is 4.79 Å². The van der Waals surface area contributed by atoms with Gasteiger partial charge in [0.2, 0.25) is 0 Å². The minimum Gasteiger partial charge on any atom is -0.512 e. The van der Waals surface area contributed by atoms with Crippen LogP contribution in [0, 0.1) is 0 Å². The number of aliphatic hydroxyl groups excluding tert-OH is 1. The molecule has 15 heavy (non-hydrogen) atoms. The molecule has 0 spiro atoms. The molecule has 0 saturated heterocycles. The first-order valence-electron chi connectivity index (χ1n) is 4.44. The average molecular weight is 226 g/mol. The van der Waals surface area contributed by atoms with Crippen LogP contribution in [0.1, 0.15) is 13.8 Å². The van der Waals surface area contributed by atoms with E-state index in [1.54, 1.807) is 31.2 Å². The molecular formula is C11H12ClNO2. The van der Waals surface area contributed by atoms with Gasteiger partial charge in [-0.15, -0.1) is 0 Å². The summed E-state index contributed by atoms with van der Waals surface area (Å²) in [7, 11) is 0. The molecule has 0 radical (unpaired) electrons. The molecule has 4 heteroatoms. The molecule has 0 saturated carbocycles. The summed E-state index contributed by atoms with van der Waals surface area (Å²) in [5.41, 5.74) is 0.805. The van der Waals surface area contributed by atoms with E-state index < -0.39 is 0 Å². The second-order valence-corrected chi connectivity index (χ2v) is 3.55. The van der Waals surface area contributed by atoms with Gasteiger partial charge < -0.3 is 10.4 Å². The van der Waals surface area contributed by atoms with Crippen LogP contribution in [0.5, 0.6) is 0 Å². The standard InChI is InChI=1S/C11H12ClNO2/c1-7(8(2)14)11(15)13-10-6-4-3-5-9(10)12/h3-6,14H,1-2H3,(H,13,15). The van der Waals surface area contributed by atoms with Crippen molar-refractivity contribution >= 4 is 23.2 Å². The summed E-state index contributed by atoms with van der Waals surface area (Å²) in [6, 6.07) is 6.92. The Labute approximate surface area is 93.4 Å². The van der Waals surface area contributed by atoms with Crippen molar-refractivity contribution in [3.05, 3.63) is 40.6 Å². The molecule has 1 amide bonds. The highest BCUT2D eigenvalue weighted by Crippen LogP contribution is 2.21. The van der Waals surface area contributed by atoms with Crippen molar-refractivity contribution in [2.24, 2.45) is 0 Å². The van der Waals surface area contributed by atoms with Crippen molar-refractivity contribution in [2.75, 3.05) is 5.32 Å². The van der Waals surface area contributed by atoms with Gasteiger partial charge in [0.15, 0.2) is 0 Å². The molecule has 0 aromatic heterocycles. The quantitative estimate of drug-likeness (QED) is 0.600. The number of para-hydroxylation sites is 1. The van der Waals surface area contributed by atoms with Gasteiger partial charge in [-0.1, -0.05) is 23.7 Å². The Morgan fingerprint density at radius 2 is 1.93 bits per heavy atom. The second kappa shape index (κ2) is 4.84. The van der Waals surface area contributed by atoms with Gasteiger partial charge in [0.25, 0.3) is 5.91 Å². The first-order chi connectivity index (χ1) is 7.02. The van der Waals surface area contributed by atoms with E-state index in [1.807, 2.05) is 0 Å². The van der Waals surface area contributed by atoms with E-state index in [2.05, 4.69) is 5.32 Å². The Morgan fingerprint density at radius 1 is 1.33 bits per heavy atom. The number of rotatable bonds is 2. The fourth-order valence-corrected chi connectivity index (χ4v) is 1.13. The van der Waals surface area contributed by atoms with Crippen molar-refractivity contribution in [3.8, 4) is 0 Å². The number of carbonyl (C=O) groups is 1. The number of amides is 1. The fourth-order valence-electron chi connectivity index (χ4n) is 0.943. The summed E-state index contributed by atoms with van der Waals surface area (Å²) in [4.78, 5) is 11.5. The molecule has 0 bridgehead atoms. The van der Waals surface area contributed by atoms with E-state index in [0.29, 0.717) is 10.7 Å². The van der Waals surface area contributed by atoms with Gasteiger partial charge in [-0.05, 0) is 26.0 Å². The van der Waals surface area contributed by atoms with Crippen molar-refractivity contribution < 1.29 is 9.90 Å². The van der Waals surface area contributed by atoms with Gasteiger partial charge in [0.05, 0.1) is 22.0 Å². The molecule has 0 aliphatic carbocycles. The lowest BCUT2D eigenvalue weighted by molar-refractivity contribution is -0.113. The first-order valence-corrected chi connectivity index (χ1v) is 4.82. The van der Waals surface area contributed by atoms with Crippen LogP contribution < -0.4 is 5.32 Å². The lowest BCUT2D eigenvalue weighted by Gasteiger charge is -2.07. The van der Waals surface area contributed by atoms with E-state index in [9.17, 15) is 4.79 Å². The lowest BCUT2D eigenvalue weighted by atomic mass is 10.2. The average Bonchev–Trinajstić information content (AvgIpc) is 2.20. The van der Waals surface area contributed by atoms with Gasteiger partial charge in [0, 0.05) is 0 Å². The predicted molar refractivity (Wildman–Crippen MR) is 61.1 cm³/mol. The number of anilines is 1. The summed E-state index contributed by atoms with van der Waals surface area (Å²) >= 11 is 5.86. The molecule has 1 aromatic carbocycles. The minimum absolute atomic E-state index is 0.000413. The van der Waals surface area contributed by atoms with E-state index in [-0.39, 0.29) is 17.2 Å². The van der Waals surface area contributed by atoms with Crippen molar-refractivity contribution in [2.45, 2.75) is 13.8 Å². The molecule has 2 N–H and O–H groups in total. The predicted octanol–water partition coefficient (Wildman–Crippen LogP) is 3.13. The molecule has 0 heterocycles. The van der Waals surface area contributed by atoms with Gasteiger partial charge in [0.1, 0.15) is 0 Å². The smallest absolute Gasteiger partial charge is 0.254 e. The summed E-state index contributed by atoms with van der Waals surface area (Å²) in [6.07, 6.45) is 0. The fraction of sp³-hybridized carbons (Fsp3) is 0.182. The molecule has 0 aliphatic rings. The topological polar surface area (TPSA) is 49.3 Å². The Balaban J connectivity index is 2.85. The van der Waals surface area contributed by atoms with Crippen LogP contribution >= 0.6 is 11.6 Å². The van der Waals surface area contributed by atoms with Crippen LogP contribution in [0.15, 0.2) is 35.6 Å². The second-order valence-electron chi connectivity index (χ2n) is 3.14. The van der Waals surface area contributed by atoms with Crippen molar-refractivity contribution in [1.82, 2.24) is 0 Å². The molecule has 3 nitrogen and oxygen atoms in total. The molecule has 1 aromatic rings. The number of hydrogen-bond acceptors (Lipinski definition) is 2. The van der Waals surface area contributed by atoms with Crippen LogP contribution in [0.2, 0.25) is 5.02 Å². The third-order valence-corrected chi connectivity index (χ3v) is 2.33. The van der Waals surface area contributed by atoms with Crippen LogP contribution in [-0.4, -0.2) is 11.0 Å². The Kier molecular flexibility index (Phi) is 3.74. The van der Waals surface area contributed by atoms with E-state index in [4.69, 9.17) is 16.7 Å². The molecule has 1 rings (SSSR count). The van der Waals surface area contributed by atoms with Gasteiger partial charge in [-0.2, -0.15) is 0 Å². The number of allylic oxidation sites excluding steroid dienone is 1. The van der Waals surface area contributed by atoms with Crippen molar-refractivity contribution in [3.63, 3.8) is 0 Å². The molecular weight excluding hydrogens is 214 g/mol. The summed E-state index contributed by atoms with van der Waals surface area (Å²) in [5, 5.41) is 12.2. The Hall–Kier alpha value is -1.48. The first kappa shape index (κ1) is 11.6. The normalized spacial score (nSPS) is 11.9. The number of halogens is 1. The monoisotopic (exact) mass is 225 g/mol. The number of benzene rings is 1. The van der Waals surface area contributed by atoms with E-state index >= 15 is 0 Å². The van der Waals surface area contributed by atoms with Crippen LogP contribution in [0.3, 0.4) is 0 Å². The number of carbonyl (C=O) groups excluding carboxylic acids is 1. The molecule has 0 atom stereocenters. The maximum Gasteiger partial charge on any atom is 0.254 e. The van der Waals surface area contributed by atoms with Crippen LogP contribution in [0.4, 0.5) is 5.69 Å². The van der Waals surface area contributed by atoms with Crippen molar-refractivity contribution in [1.29, 1.82) is 0 Å². The Morgan fingerprint density at radius 3 is 2.47 bits per heavy atom. The minimum atomic E-state index is -0.358. The van der Waals surface area contributed by atoms with Crippen LogP contribution in [0.25, 0.3) is 0 Å². The third-order valence-electron chi connectivity index (χ3n) is 2.01. The van der Waals surface area contributed by atoms with Crippen LogP contribution in [-0.2, 0) is 4.79 Å². The third kappa shape index (κ3) is 2.99. The maximum atomic E-state index is 11.5. The van der Waals surface area contributed by atoms with E-state index in [1.165, 1.54) is 6.92 Å². The van der Waals surface area contributed by atoms with Gasteiger partial charge >= 0.3 is 0 Å². The summed E-state index contributed by atoms with van der Waals surface area (Å²) in [5.74, 6) is -0.359. The highest BCUT2D eigenvalue weighted by atomic mass is 35.5. The number of nitrogens with one attached hydrogen (secondary N) is 1. The maximum absolute atomic E-state index is 11.5. The Bertz CT molecular complexity index is 409. The number of hydrogen-bond donors (Lipinski definition) is 2. The largest absolute Gasteiger partial charge is 0.512 e. The summed E-state index contributed by atoms with van der Waals surface area (Å²) < 4.78 is 0. The highest BCUT2D eigenvalue weighted by molar-refractivity contribution is 6.33. The zero-order valence-electron chi connectivity index (χ0n) is 8.54. The SMILES string of the molecule is CC(O)=C(C)C(=O)Nc1ccccc1Cl.